The van der Waals surface area contributed by atoms with Crippen LogP contribution in [0.25, 0.3) is 21.7 Å². The van der Waals surface area contributed by atoms with Crippen molar-refractivity contribution in [2.24, 2.45) is 5.10 Å². The van der Waals surface area contributed by atoms with Crippen LogP contribution >= 0.6 is 11.3 Å². The fraction of sp³-hybridized carbons (Fsp3) is 0. The summed E-state index contributed by atoms with van der Waals surface area (Å²) in [4.78, 5) is 5.84. The monoisotopic (exact) mass is 371 g/mol. The minimum atomic E-state index is 0.214. The normalized spacial score (nSPS) is 11.0. The summed E-state index contributed by atoms with van der Waals surface area (Å²) < 4.78 is 0. The molecule has 1 aromatic heterocycles. The summed E-state index contributed by atoms with van der Waals surface area (Å²) in [5.74, 6) is 0.214. The summed E-state index contributed by atoms with van der Waals surface area (Å²) in [6, 6.07) is 27.3. The molecule has 0 spiro atoms. The van der Waals surface area contributed by atoms with E-state index in [1.807, 2.05) is 42.5 Å². The summed E-state index contributed by atoms with van der Waals surface area (Å²) >= 11 is 1.56. The van der Waals surface area contributed by atoms with Crippen LogP contribution in [0.4, 0.5) is 5.13 Å². The molecule has 0 aliphatic heterocycles. The Labute approximate surface area is 161 Å². The molecule has 0 bridgehead atoms. The maximum absolute atomic E-state index is 9.53. The molecule has 4 nitrogen and oxygen atoms in total. The summed E-state index contributed by atoms with van der Waals surface area (Å²) in [6.45, 7) is 0. The van der Waals surface area contributed by atoms with Crippen LogP contribution in [0.1, 0.15) is 5.56 Å². The van der Waals surface area contributed by atoms with Gasteiger partial charge < -0.3 is 5.11 Å². The summed E-state index contributed by atoms with van der Waals surface area (Å²) in [7, 11) is 0. The van der Waals surface area contributed by atoms with Crippen LogP contribution in [0.5, 0.6) is 5.75 Å². The van der Waals surface area contributed by atoms with Gasteiger partial charge in [-0.2, -0.15) is 5.10 Å². The van der Waals surface area contributed by atoms with E-state index in [4.69, 9.17) is 4.98 Å². The van der Waals surface area contributed by atoms with Crippen molar-refractivity contribution in [2.75, 3.05) is 5.43 Å². The van der Waals surface area contributed by atoms with Gasteiger partial charge in [-0.05, 0) is 23.3 Å². The van der Waals surface area contributed by atoms with E-state index in [1.54, 1.807) is 35.8 Å². The SMILES string of the molecule is Oc1cccc(/C=N/Nc2nc(-c3ccccc3)c(-c3ccccc3)s2)c1. The van der Waals surface area contributed by atoms with E-state index in [-0.39, 0.29) is 5.75 Å². The molecule has 27 heavy (non-hydrogen) atoms. The van der Waals surface area contributed by atoms with Gasteiger partial charge in [-0.3, -0.25) is 5.43 Å². The van der Waals surface area contributed by atoms with Crippen molar-refractivity contribution in [3.05, 3.63) is 90.5 Å². The predicted octanol–water partition coefficient (Wildman–Crippen LogP) is 5.63. The zero-order chi connectivity index (χ0) is 18.5. The van der Waals surface area contributed by atoms with Crippen LogP contribution in [0, 0.1) is 0 Å². The van der Waals surface area contributed by atoms with Crippen molar-refractivity contribution in [1.82, 2.24) is 4.98 Å². The molecule has 4 rings (SSSR count). The van der Waals surface area contributed by atoms with Crippen LogP contribution < -0.4 is 5.43 Å². The standard InChI is InChI=1S/C22H17N3OS/c26-19-13-7-8-16(14-19)15-23-25-22-24-20(17-9-3-1-4-10-17)21(27-22)18-11-5-2-6-12-18/h1-15,26H,(H,24,25)/b23-15+. The lowest BCUT2D eigenvalue weighted by Gasteiger charge is -2.02. The minimum absolute atomic E-state index is 0.214. The van der Waals surface area contributed by atoms with E-state index < -0.39 is 0 Å². The van der Waals surface area contributed by atoms with Gasteiger partial charge in [-0.15, -0.1) is 0 Å². The molecule has 0 aliphatic carbocycles. The Morgan fingerprint density at radius 3 is 2.26 bits per heavy atom. The van der Waals surface area contributed by atoms with Gasteiger partial charge >= 0.3 is 0 Å². The number of benzene rings is 3. The lowest BCUT2D eigenvalue weighted by molar-refractivity contribution is 0.475. The number of thiazole rings is 1. The molecule has 0 amide bonds. The third-order valence-electron chi connectivity index (χ3n) is 3.95. The molecule has 5 heteroatoms. The number of aromatic hydroxyl groups is 1. The molecule has 4 aromatic rings. The Morgan fingerprint density at radius 1 is 0.852 bits per heavy atom. The number of phenols is 1. The lowest BCUT2D eigenvalue weighted by atomic mass is 10.1. The Kier molecular flexibility index (Phi) is 4.94. The van der Waals surface area contributed by atoms with Gasteiger partial charge in [-0.1, -0.05) is 84.1 Å². The second kappa shape index (κ2) is 7.85. The summed E-state index contributed by atoms with van der Waals surface area (Å²) in [6.07, 6.45) is 1.66. The van der Waals surface area contributed by atoms with E-state index in [0.717, 1.165) is 27.3 Å². The highest BCUT2D eigenvalue weighted by Gasteiger charge is 2.14. The molecule has 0 unspecified atom stereocenters. The second-order valence-electron chi connectivity index (χ2n) is 5.89. The Morgan fingerprint density at radius 2 is 1.56 bits per heavy atom. The highest BCUT2D eigenvalue weighted by Crippen LogP contribution is 2.38. The number of hydrazone groups is 1. The maximum Gasteiger partial charge on any atom is 0.204 e. The van der Waals surface area contributed by atoms with Crippen LogP contribution in [-0.4, -0.2) is 16.3 Å². The largest absolute Gasteiger partial charge is 0.508 e. The van der Waals surface area contributed by atoms with Crippen molar-refractivity contribution in [2.45, 2.75) is 0 Å². The molecule has 2 N–H and O–H groups in total. The molecular weight excluding hydrogens is 354 g/mol. The average Bonchev–Trinajstić information content (AvgIpc) is 3.14. The Hall–Kier alpha value is -3.44. The number of rotatable bonds is 5. The molecule has 0 atom stereocenters. The van der Waals surface area contributed by atoms with Gasteiger partial charge in [0.15, 0.2) is 0 Å². The van der Waals surface area contributed by atoms with Gasteiger partial charge in [0.1, 0.15) is 5.75 Å². The number of anilines is 1. The van der Waals surface area contributed by atoms with Crippen molar-refractivity contribution in [3.8, 4) is 27.4 Å². The van der Waals surface area contributed by atoms with Crippen LogP contribution in [0.3, 0.4) is 0 Å². The third kappa shape index (κ3) is 4.04. The highest BCUT2D eigenvalue weighted by molar-refractivity contribution is 7.19. The number of aromatic nitrogens is 1. The fourth-order valence-electron chi connectivity index (χ4n) is 2.71. The number of phenolic OH excluding ortho intramolecular Hbond substituents is 1. The van der Waals surface area contributed by atoms with Gasteiger partial charge in [0.2, 0.25) is 5.13 Å². The van der Waals surface area contributed by atoms with E-state index in [0.29, 0.717) is 5.13 Å². The minimum Gasteiger partial charge on any atom is -0.508 e. The molecular formula is C22H17N3OS. The Bertz CT molecular complexity index is 1000. The molecule has 0 saturated carbocycles. The van der Waals surface area contributed by atoms with Gasteiger partial charge in [-0.25, -0.2) is 4.98 Å². The predicted molar refractivity (Wildman–Crippen MR) is 112 cm³/mol. The van der Waals surface area contributed by atoms with E-state index in [9.17, 15) is 5.11 Å². The number of nitrogens with one attached hydrogen (secondary N) is 1. The zero-order valence-corrected chi connectivity index (χ0v) is 15.2. The topological polar surface area (TPSA) is 57.5 Å². The zero-order valence-electron chi connectivity index (χ0n) is 14.4. The quantitative estimate of drug-likeness (QED) is 0.353. The first-order valence-corrected chi connectivity index (χ1v) is 9.31. The van der Waals surface area contributed by atoms with Crippen LogP contribution in [0.2, 0.25) is 0 Å². The van der Waals surface area contributed by atoms with Gasteiger partial charge in [0.05, 0.1) is 16.8 Å². The molecule has 0 fully saturated rings. The second-order valence-corrected chi connectivity index (χ2v) is 6.89. The number of hydrogen-bond acceptors (Lipinski definition) is 5. The smallest absolute Gasteiger partial charge is 0.204 e. The third-order valence-corrected chi connectivity index (χ3v) is 4.96. The summed E-state index contributed by atoms with van der Waals surface area (Å²) in [5.41, 5.74) is 6.94. The highest BCUT2D eigenvalue weighted by atomic mass is 32.1. The molecule has 1 heterocycles. The molecule has 132 valence electrons. The van der Waals surface area contributed by atoms with Crippen molar-refractivity contribution >= 4 is 22.7 Å². The average molecular weight is 371 g/mol. The fourth-order valence-corrected chi connectivity index (χ4v) is 3.65. The molecule has 0 saturated heterocycles. The first-order chi connectivity index (χ1) is 13.3. The van der Waals surface area contributed by atoms with Crippen molar-refractivity contribution in [3.63, 3.8) is 0 Å². The van der Waals surface area contributed by atoms with Crippen molar-refractivity contribution in [1.29, 1.82) is 0 Å². The van der Waals surface area contributed by atoms with Crippen LogP contribution in [-0.2, 0) is 0 Å². The van der Waals surface area contributed by atoms with Gasteiger partial charge in [0.25, 0.3) is 0 Å². The van der Waals surface area contributed by atoms with Crippen molar-refractivity contribution < 1.29 is 5.11 Å². The first kappa shape index (κ1) is 17.0. The first-order valence-electron chi connectivity index (χ1n) is 8.49. The molecule has 0 aliphatic rings. The Balaban J connectivity index is 1.65. The number of nitrogens with zero attached hydrogens (tertiary/aromatic N) is 2. The van der Waals surface area contributed by atoms with E-state index in [1.165, 1.54) is 0 Å². The number of hydrogen-bond donors (Lipinski definition) is 2. The van der Waals surface area contributed by atoms with Gasteiger partial charge in [0, 0.05) is 5.56 Å². The van der Waals surface area contributed by atoms with E-state index in [2.05, 4.69) is 34.8 Å². The maximum atomic E-state index is 9.53. The van der Waals surface area contributed by atoms with Crippen LogP contribution in [0.15, 0.2) is 90.0 Å². The lowest BCUT2D eigenvalue weighted by Crippen LogP contribution is -1.90. The summed E-state index contributed by atoms with van der Waals surface area (Å²) in [5, 5.41) is 14.5. The molecule has 3 aromatic carbocycles. The molecule has 0 radical (unpaired) electrons. The van der Waals surface area contributed by atoms with E-state index >= 15 is 0 Å².